The highest BCUT2D eigenvalue weighted by molar-refractivity contribution is 5.83. The largest absolute Gasteiger partial charge is 0.480 e. The molecule has 0 spiro atoms. The predicted octanol–water partition coefficient (Wildman–Crippen LogP) is 1.89. The van der Waals surface area contributed by atoms with Crippen molar-refractivity contribution in [2.75, 3.05) is 13.2 Å². The normalized spacial score (nSPS) is 19.1. The highest BCUT2D eigenvalue weighted by Crippen LogP contribution is 2.18. The van der Waals surface area contributed by atoms with Gasteiger partial charge < -0.3 is 15.2 Å². The van der Waals surface area contributed by atoms with Gasteiger partial charge in [-0.05, 0) is 43.0 Å². The van der Waals surface area contributed by atoms with E-state index in [0.29, 0.717) is 13.0 Å². The Morgan fingerprint density at radius 3 is 2.83 bits per heavy atom. The van der Waals surface area contributed by atoms with Gasteiger partial charge in [0.05, 0.1) is 6.61 Å². The van der Waals surface area contributed by atoms with E-state index in [-0.39, 0.29) is 30.9 Å². The maximum absolute atomic E-state index is 13.5. The molecule has 1 amide bonds. The molecule has 23 heavy (non-hydrogen) atoms. The van der Waals surface area contributed by atoms with Gasteiger partial charge in [0.15, 0.2) is 0 Å². The average Bonchev–Trinajstić information content (AvgIpc) is 2.54. The Balaban J connectivity index is 1.91. The summed E-state index contributed by atoms with van der Waals surface area (Å²) in [6.45, 7) is 0.880. The van der Waals surface area contributed by atoms with Gasteiger partial charge in [-0.1, -0.05) is 0 Å². The second kappa shape index (κ2) is 8.01. The molecule has 1 aromatic rings. The van der Waals surface area contributed by atoms with E-state index in [1.165, 1.54) is 0 Å². The predicted molar refractivity (Wildman–Crippen MR) is 77.8 cm³/mol. The van der Waals surface area contributed by atoms with E-state index in [4.69, 9.17) is 4.74 Å². The van der Waals surface area contributed by atoms with Crippen molar-refractivity contribution in [3.8, 4) is 0 Å². The first-order valence-corrected chi connectivity index (χ1v) is 7.51. The molecule has 1 aliphatic heterocycles. The van der Waals surface area contributed by atoms with Crippen LogP contribution in [-0.2, 0) is 20.7 Å². The van der Waals surface area contributed by atoms with Crippen molar-refractivity contribution in [2.24, 2.45) is 5.92 Å². The average molecular weight is 327 g/mol. The van der Waals surface area contributed by atoms with Crippen LogP contribution in [0.15, 0.2) is 18.2 Å². The quantitative estimate of drug-likeness (QED) is 0.837. The number of aryl methyl sites for hydroxylation is 1. The fourth-order valence-corrected chi connectivity index (χ4v) is 2.64. The molecule has 0 aromatic heterocycles. The molecule has 1 aromatic carbocycles. The zero-order valence-electron chi connectivity index (χ0n) is 12.6. The van der Waals surface area contributed by atoms with Crippen LogP contribution in [0.25, 0.3) is 0 Å². The number of aliphatic carboxylic acids is 1. The highest BCUT2D eigenvalue weighted by Gasteiger charge is 2.31. The van der Waals surface area contributed by atoms with E-state index < -0.39 is 29.6 Å². The van der Waals surface area contributed by atoms with Crippen molar-refractivity contribution in [1.82, 2.24) is 5.32 Å². The van der Waals surface area contributed by atoms with Crippen LogP contribution in [0.1, 0.15) is 24.8 Å². The van der Waals surface area contributed by atoms with Crippen LogP contribution < -0.4 is 5.32 Å². The Morgan fingerprint density at radius 1 is 1.39 bits per heavy atom. The van der Waals surface area contributed by atoms with Crippen molar-refractivity contribution in [3.63, 3.8) is 0 Å². The number of carbonyl (C=O) groups excluding carboxylic acids is 1. The molecule has 1 saturated heterocycles. The van der Waals surface area contributed by atoms with Crippen LogP contribution >= 0.6 is 0 Å². The first kappa shape index (κ1) is 17.3. The summed E-state index contributed by atoms with van der Waals surface area (Å²) in [6, 6.07) is 2.01. The van der Waals surface area contributed by atoms with Gasteiger partial charge in [-0.15, -0.1) is 0 Å². The van der Waals surface area contributed by atoms with E-state index in [1.54, 1.807) is 0 Å². The molecule has 5 nitrogen and oxygen atoms in total. The Kier molecular flexibility index (Phi) is 6.04. The maximum Gasteiger partial charge on any atom is 0.326 e. The number of amides is 1. The summed E-state index contributed by atoms with van der Waals surface area (Å²) in [5.41, 5.74) is 0.0908. The lowest BCUT2D eigenvalue weighted by Gasteiger charge is -2.28. The van der Waals surface area contributed by atoms with E-state index in [2.05, 4.69) is 5.32 Å². The lowest BCUT2D eigenvalue weighted by molar-refractivity contribution is -0.145. The summed E-state index contributed by atoms with van der Waals surface area (Å²) in [7, 11) is 0. The summed E-state index contributed by atoms with van der Waals surface area (Å²) < 4.78 is 31.8. The Hall–Kier alpha value is -2.02. The number of ether oxygens (including phenoxy) is 1. The van der Waals surface area contributed by atoms with E-state index in [1.807, 2.05) is 0 Å². The van der Waals surface area contributed by atoms with Crippen molar-refractivity contribution < 1.29 is 28.2 Å². The molecule has 1 heterocycles. The van der Waals surface area contributed by atoms with Crippen LogP contribution in [0, 0.1) is 17.6 Å². The molecule has 0 radical (unpaired) electrons. The first-order chi connectivity index (χ1) is 11.0. The number of carboxylic acid groups (broad SMARTS) is 1. The summed E-state index contributed by atoms with van der Waals surface area (Å²) in [5, 5.41) is 11.7. The third kappa shape index (κ3) is 4.99. The van der Waals surface area contributed by atoms with E-state index in [9.17, 15) is 23.5 Å². The number of carbonyl (C=O) groups is 2. The zero-order chi connectivity index (χ0) is 16.8. The first-order valence-electron chi connectivity index (χ1n) is 7.51. The van der Waals surface area contributed by atoms with Gasteiger partial charge >= 0.3 is 5.97 Å². The molecule has 2 atom stereocenters. The smallest absolute Gasteiger partial charge is 0.326 e. The molecule has 126 valence electrons. The topological polar surface area (TPSA) is 75.6 Å². The van der Waals surface area contributed by atoms with Gasteiger partial charge in [-0.2, -0.15) is 0 Å². The Labute approximate surface area is 132 Å². The molecule has 0 saturated carbocycles. The number of hydrogen-bond donors (Lipinski definition) is 2. The van der Waals surface area contributed by atoms with Crippen molar-refractivity contribution in [3.05, 3.63) is 35.4 Å². The fourth-order valence-electron chi connectivity index (χ4n) is 2.64. The second-order valence-corrected chi connectivity index (χ2v) is 5.60. The van der Waals surface area contributed by atoms with Gasteiger partial charge in [0.2, 0.25) is 5.91 Å². The van der Waals surface area contributed by atoms with Crippen LogP contribution in [0.3, 0.4) is 0 Å². The summed E-state index contributed by atoms with van der Waals surface area (Å²) in [6.07, 6.45) is 1.30. The molecule has 2 N–H and O–H groups in total. The van der Waals surface area contributed by atoms with Crippen molar-refractivity contribution >= 4 is 11.9 Å². The van der Waals surface area contributed by atoms with Gasteiger partial charge in [-0.25, -0.2) is 13.6 Å². The van der Waals surface area contributed by atoms with Gasteiger partial charge in [-0.3, -0.25) is 4.79 Å². The molecule has 1 aliphatic rings. The van der Waals surface area contributed by atoms with E-state index in [0.717, 1.165) is 24.6 Å². The maximum atomic E-state index is 13.5. The lowest BCUT2D eigenvalue weighted by Crippen LogP contribution is -2.48. The van der Waals surface area contributed by atoms with E-state index >= 15 is 0 Å². The molecule has 0 aliphatic carbocycles. The van der Waals surface area contributed by atoms with Crippen LogP contribution in [0.4, 0.5) is 8.78 Å². The van der Waals surface area contributed by atoms with Gasteiger partial charge in [0, 0.05) is 18.9 Å². The molecular weight excluding hydrogens is 308 g/mol. The minimum atomic E-state index is -1.12. The number of rotatable bonds is 6. The monoisotopic (exact) mass is 327 g/mol. The summed E-state index contributed by atoms with van der Waals surface area (Å²) in [4.78, 5) is 23.3. The molecule has 2 unspecified atom stereocenters. The number of hydrogen-bond acceptors (Lipinski definition) is 3. The molecule has 1 fully saturated rings. The second-order valence-electron chi connectivity index (χ2n) is 5.60. The Morgan fingerprint density at radius 2 is 2.17 bits per heavy atom. The minimum absolute atomic E-state index is 0.00291. The number of carboxylic acids is 1. The van der Waals surface area contributed by atoms with Crippen molar-refractivity contribution in [2.45, 2.75) is 31.7 Å². The molecular formula is C16H19F2NO4. The highest BCUT2D eigenvalue weighted by atomic mass is 19.1. The number of halogens is 2. The van der Waals surface area contributed by atoms with Crippen LogP contribution in [0.2, 0.25) is 0 Å². The number of nitrogens with one attached hydrogen (secondary N) is 1. The fraction of sp³-hybridized carbons (Fsp3) is 0.500. The third-order valence-corrected chi connectivity index (χ3v) is 3.88. The number of benzene rings is 1. The van der Waals surface area contributed by atoms with Crippen LogP contribution in [0.5, 0.6) is 0 Å². The standard InChI is InChI=1S/C16H19F2NO4/c17-12-4-5-13(18)10(8-12)3-6-14(20)19-15(16(21)22)11-2-1-7-23-9-11/h4-5,8,11,15H,1-3,6-7,9H2,(H,19,20)(H,21,22). The summed E-state index contributed by atoms with van der Waals surface area (Å²) in [5.74, 6) is -3.08. The van der Waals surface area contributed by atoms with Gasteiger partial charge in [0.1, 0.15) is 17.7 Å². The molecule has 0 bridgehead atoms. The SMILES string of the molecule is O=C(CCc1cc(F)ccc1F)NC(C(=O)O)C1CCCOC1. The minimum Gasteiger partial charge on any atom is -0.480 e. The van der Waals surface area contributed by atoms with Crippen LogP contribution in [-0.4, -0.2) is 36.2 Å². The summed E-state index contributed by atoms with van der Waals surface area (Å²) >= 11 is 0. The zero-order valence-corrected chi connectivity index (χ0v) is 12.6. The molecule has 7 heteroatoms. The van der Waals surface area contributed by atoms with Gasteiger partial charge in [0.25, 0.3) is 0 Å². The van der Waals surface area contributed by atoms with Crippen molar-refractivity contribution in [1.29, 1.82) is 0 Å². The Bertz CT molecular complexity index is 573. The molecule has 2 rings (SSSR count). The third-order valence-electron chi connectivity index (χ3n) is 3.88. The lowest BCUT2D eigenvalue weighted by atomic mass is 9.93.